The summed E-state index contributed by atoms with van der Waals surface area (Å²) in [5.74, 6) is -0.130. The molecule has 3 aromatic rings. The number of hydrogen-bond acceptors (Lipinski definition) is 5. The van der Waals surface area contributed by atoms with Gasteiger partial charge in [0.2, 0.25) is 0 Å². The highest BCUT2D eigenvalue weighted by atomic mass is 35.5. The van der Waals surface area contributed by atoms with Crippen LogP contribution in [0, 0.1) is 5.82 Å². The zero-order chi connectivity index (χ0) is 23.1. The van der Waals surface area contributed by atoms with Gasteiger partial charge in [0, 0.05) is 12.1 Å². The highest BCUT2D eigenvalue weighted by Gasteiger charge is 2.15. The molecule has 0 saturated carbocycles. The van der Waals surface area contributed by atoms with E-state index in [0.717, 1.165) is 5.56 Å². The van der Waals surface area contributed by atoms with Gasteiger partial charge >= 0.3 is 5.97 Å². The Labute approximate surface area is 190 Å². The lowest BCUT2D eigenvalue weighted by molar-refractivity contribution is 0.0697. The maximum atomic E-state index is 13.9. The largest absolute Gasteiger partial charge is 0.495 e. The minimum absolute atomic E-state index is 0.00322. The van der Waals surface area contributed by atoms with Gasteiger partial charge in [-0.25, -0.2) is 9.18 Å². The Bertz CT molecular complexity index is 1110. The van der Waals surface area contributed by atoms with Gasteiger partial charge < -0.3 is 24.6 Å². The van der Waals surface area contributed by atoms with Crippen LogP contribution in [0.5, 0.6) is 17.2 Å². The Morgan fingerprint density at radius 2 is 1.88 bits per heavy atom. The fraction of sp³-hybridized carbons (Fsp3) is 0.208. The number of carboxylic acids is 1. The number of benzene rings is 3. The van der Waals surface area contributed by atoms with Crippen LogP contribution in [0.15, 0.2) is 54.6 Å². The average molecular weight is 460 g/mol. The number of anilines is 1. The molecule has 0 radical (unpaired) electrons. The van der Waals surface area contributed by atoms with Crippen molar-refractivity contribution >= 4 is 23.3 Å². The van der Waals surface area contributed by atoms with Crippen molar-refractivity contribution < 1.29 is 28.5 Å². The second kappa shape index (κ2) is 10.7. The van der Waals surface area contributed by atoms with Gasteiger partial charge in [-0.2, -0.15) is 0 Å². The van der Waals surface area contributed by atoms with Crippen molar-refractivity contribution in [2.45, 2.75) is 20.1 Å². The SMILES string of the molecule is CCOc1cc(CNc2cc(C(=O)O)ccc2OC)cc(Cl)c1OCc1ccccc1F. The van der Waals surface area contributed by atoms with E-state index in [2.05, 4.69) is 5.32 Å². The number of methoxy groups -OCH3 is 1. The molecule has 0 heterocycles. The lowest BCUT2D eigenvalue weighted by Gasteiger charge is -2.17. The zero-order valence-corrected chi connectivity index (χ0v) is 18.4. The van der Waals surface area contributed by atoms with E-state index >= 15 is 0 Å². The van der Waals surface area contributed by atoms with E-state index in [1.807, 2.05) is 6.92 Å². The summed E-state index contributed by atoms with van der Waals surface area (Å²) in [6.07, 6.45) is 0. The third-order valence-corrected chi connectivity index (χ3v) is 4.91. The summed E-state index contributed by atoms with van der Waals surface area (Å²) in [5, 5.41) is 12.7. The van der Waals surface area contributed by atoms with Gasteiger partial charge in [-0.3, -0.25) is 0 Å². The molecule has 32 heavy (non-hydrogen) atoms. The van der Waals surface area contributed by atoms with Gasteiger partial charge in [-0.1, -0.05) is 29.8 Å². The second-order valence-corrected chi connectivity index (χ2v) is 7.20. The van der Waals surface area contributed by atoms with Gasteiger partial charge in [0.15, 0.2) is 11.5 Å². The van der Waals surface area contributed by atoms with Crippen LogP contribution in [-0.2, 0) is 13.2 Å². The predicted octanol–water partition coefficient (Wildman–Crippen LogP) is 5.78. The summed E-state index contributed by atoms with van der Waals surface area (Å²) in [6.45, 7) is 2.55. The molecule has 0 aliphatic heterocycles. The van der Waals surface area contributed by atoms with Crippen LogP contribution in [0.1, 0.15) is 28.4 Å². The van der Waals surface area contributed by atoms with Crippen LogP contribution < -0.4 is 19.5 Å². The summed E-state index contributed by atoms with van der Waals surface area (Å²) < 4.78 is 30.7. The fourth-order valence-corrected chi connectivity index (χ4v) is 3.36. The molecule has 0 amide bonds. The number of carboxylic acid groups (broad SMARTS) is 1. The minimum Gasteiger partial charge on any atom is -0.495 e. The number of ether oxygens (including phenoxy) is 3. The van der Waals surface area contributed by atoms with Crippen molar-refractivity contribution in [2.24, 2.45) is 0 Å². The number of carbonyl (C=O) groups is 1. The molecule has 8 heteroatoms. The lowest BCUT2D eigenvalue weighted by Crippen LogP contribution is -2.06. The number of halogens is 2. The number of nitrogens with one attached hydrogen (secondary N) is 1. The van der Waals surface area contributed by atoms with Crippen molar-refractivity contribution in [3.63, 3.8) is 0 Å². The molecule has 168 valence electrons. The van der Waals surface area contributed by atoms with E-state index < -0.39 is 5.97 Å². The Morgan fingerprint density at radius 1 is 1.09 bits per heavy atom. The molecule has 0 aliphatic rings. The van der Waals surface area contributed by atoms with Crippen LogP contribution in [-0.4, -0.2) is 24.8 Å². The summed E-state index contributed by atoms with van der Waals surface area (Å²) in [4.78, 5) is 11.3. The molecular weight excluding hydrogens is 437 g/mol. The molecule has 3 rings (SSSR count). The van der Waals surface area contributed by atoms with Gasteiger partial charge in [0.25, 0.3) is 0 Å². The molecule has 0 fully saturated rings. The third kappa shape index (κ3) is 5.62. The van der Waals surface area contributed by atoms with Crippen molar-refractivity contribution in [3.8, 4) is 17.2 Å². The molecule has 3 aromatic carbocycles. The normalized spacial score (nSPS) is 10.5. The molecule has 0 saturated heterocycles. The first-order chi connectivity index (χ1) is 15.4. The number of aromatic carboxylic acids is 1. The van der Waals surface area contributed by atoms with E-state index in [4.69, 9.17) is 25.8 Å². The van der Waals surface area contributed by atoms with Crippen molar-refractivity contribution in [1.29, 1.82) is 0 Å². The summed E-state index contributed by atoms with van der Waals surface area (Å²) >= 11 is 6.45. The first kappa shape index (κ1) is 23.2. The molecule has 6 nitrogen and oxygen atoms in total. The van der Waals surface area contributed by atoms with E-state index in [-0.39, 0.29) is 18.0 Å². The summed E-state index contributed by atoms with van der Waals surface area (Å²) in [5.41, 5.74) is 1.85. The average Bonchev–Trinajstić information content (AvgIpc) is 2.78. The second-order valence-electron chi connectivity index (χ2n) is 6.79. The molecule has 2 N–H and O–H groups in total. The maximum absolute atomic E-state index is 13.9. The van der Waals surface area contributed by atoms with E-state index in [9.17, 15) is 14.3 Å². The monoisotopic (exact) mass is 459 g/mol. The first-order valence-electron chi connectivity index (χ1n) is 9.89. The molecule has 0 aromatic heterocycles. The number of rotatable bonds is 10. The third-order valence-electron chi connectivity index (χ3n) is 4.63. The van der Waals surface area contributed by atoms with E-state index in [1.54, 1.807) is 36.4 Å². The highest BCUT2D eigenvalue weighted by molar-refractivity contribution is 6.32. The van der Waals surface area contributed by atoms with E-state index in [0.29, 0.717) is 46.7 Å². The Kier molecular flexibility index (Phi) is 7.78. The molecular formula is C24H23ClFNO5. The maximum Gasteiger partial charge on any atom is 0.335 e. The topological polar surface area (TPSA) is 77.0 Å². The van der Waals surface area contributed by atoms with Crippen LogP contribution in [0.4, 0.5) is 10.1 Å². The van der Waals surface area contributed by atoms with Gasteiger partial charge in [0.05, 0.1) is 30.0 Å². The van der Waals surface area contributed by atoms with Crippen LogP contribution in [0.2, 0.25) is 5.02 Å². The van der Waals surface area contributed by atoms with Crippen LogP contribution in [0.3, 0.4) is 0 Å². The predicted molar refractivity (Wildman–Crippen MR) is 121 cm³/mol. The quantitative estimate of drug-likeness (QED) is 0.400. The molecule has 0 atom stereocenters. The molecule has 0 bridgehead atoms. The van der Waals surface area contributed by atoms with Crippen LogP contribution in [0.25, 0.3) is 0 Å². The minimum atomic E-state index is -1.03. The fourth-order valence-electron chi connectivity index (χ4n) is 3.07. The first-order valence-corrected chi connectivity index (χ1v) is 10.3. The highest BCUT2D eigenvalue weighted by Crippen LogP contribution is 2.38. The Balaban J connectivity index is 1.81. The summed E-state index contributed by atoms with van der Waals surface area (Å²) in [7, 11) is 1.51. The molecule has 0 aliphatic carbocycles. The van der Waals surface area contributed by atoms with Crippen molar-refractivity contribution in [3.05, 3.63) is 82.1 Å². The molecule has 0 unspecified atom stereocenters. The Hall–Kier alpha value is -3.45. The zero-order valence-electron chi connectivity index (χ0n) is 17.7. The van der Waals surface area contributed by atoms with Crippen molar-refractivity contribution in [2.75, 3.05) is 19.0 Å². The summed E-state index contributed by atoms with van der Waals surface area (Å²) in [6, 6.07) is 14.4. The van der Waals surface area contributed by atoms with E-state index in [1.165, 1.54) is 25.3 Å². The van der Waals surface area contributed by atoms with Gasteiger partial charge in [0.1, 0.15) is 18.2 Å². The standard InChI is InChI=1S/C24H23ClFNO5/c1-3-31-22-11-15(13-27-20-12-16(24(28)29)8-9-21(20)30-2)10-18(25)23(22)32-14-17-6-4-5-7-19(17)26/h4-12,27H,3,13-14H2,1-2H3,(H,28,29). The van der Waals surface area contributed by atoms with Crippen molar-refractivity contribution in [1.82, 2.24) is 0 Å². The Morgan fingerprint density at radius 3 is 2.56 bits per heavy atom. The number of hydrogen-bond donors (Lipinski definition) is 2. The lowest BCUT2D eigenvalue weighted by atomic mass is 10.1. The molecule has 0 spiro atoms. The van der Waals surface area contributed by atoms with Crippen LogP contribution >= 0.6 is 11.6 Å². The van der Waals surface area contributed by atoms with Gasteiger partial charge in [-0.15, -0.1) is 0 Å². The smallest absolute Gasteiger partial charge is 0.335 e. The van der Waals surface area contributed by atoms with Gasteiger partial charge in [-0.05, 0) is 48.9 Å².